The summed E-state index contributed by atoms with van der Waals surface area (Å²) in [6.45, 7) is 4.52. The van der Waals surface area contributed by atoms with E-state index in [1.54, 1.807) is 0 Å². The summed E-state index contributed by atoms with van der Waals surface area (Å²) in [5.41, 5.74) is 0. The monoisotopic (exact) mass is 310 g/mol. The minimum Gasteiger partial charge on any atom is -0.393 e. The second-order valence-corrected chi connectivity index (χ2v) is 6.82. The third-order valence-corrected chi connectivity index (χ3v) is 4.44. The van der Waals surface area contributed by atoms with E-state index in [1.165, 1.54) is 77.0 Å². The van der Waals surface area contributed by atoms with Crippen LogP contribution in [0, 0.1) is 0 Å². The van der Waals surface area contributed by atoms with Gasteiger partial charge in [0.05, 0.1) is 6.10 Å². The Morgan fingerprint density at radius 3 is 1.68 bits per heavy atom. The van der Waals surface area contributed by atoms with E-state index in [9.17, 15) is 5.11 Å². The summed E-state index contributed by atoms with van der Waals surface area (Å²) < 4.78 is 0. The number of unbranched alkanes of at least 4 members (excludes halogenated alkanes) is 11. The molecule has 0 aliphatic heterocycles. The van der Waals surface area contributed by atoms with Crippen molar-refractivity contribution in [3.63, 3.8) is 0 Å². The maximum atomic E-state index is 9.97. The van der Waals surface area contributed by atoms with Crippen LogP contribution >= 0.6 is 0 Å². The number of aliphatic hydroxyl groups is 1. The summed E-state index contributed by atoms with van der Waals surface area (Å²) in [6, 6.07) is 0. The Bertz CT molecular complexity index is 222. The summed E-state index contributed by atoms with van der Waals surface area (Å²) in [7, 11) is 0. The standard InChI is InChI=1S/C21H42O/c1-3-5-7-9-11-13-15-17-19-21(22)20-18-16-14-12-10-8-6-4-2/h11,13,21-22H,3-10,12,14-20H2,1-2H3/b13-11-. The first-order chi connectivity index (χ1) is 10.8. The fourth-order valence-corrected chi connectivity index (χ4v) is 2.88. The third-order valence-electron chi connectivity index (χ3n) is 4.44. The van der Waals surface area contributed by atoms with E-state index < -0.39 is 0 Å². The van der Waals surface area contributed by atoms with E-state index in [0.29, 0.717) is 0 Å². The summed E-state index contributed by atoms with van der Waals surface area (Å²) in [5.74, 6) is 0. The number of rotatable bonds is 17. The van der Waals surface area contributed by atoms with Crippen molar-refractivity contribution in [1.29, 1.82) is 0 Å². The highest BCUT2D eigenvalue weighted by atomic mass is 16.3. The molecule has 1 heteroatoms. The predicted molar refractivity (Wildman–Crippen MR) is 100 cm³/mol. The second-order valence-electron chi connectivity index (χ2n) is 6.82. The fourth-order valence-electron chi connectivity index (χ4n) is 2.88. The molecule has 1 nitrogen and oxygen atoms in total. The van der Waals surface area contributed by atoms with Gasteiger partial charge in [0.2, 0.25) is 0 Å². The highest BCUT2D eigenvalue weighted by Gasteiger charge is 2.02. The van der Waals surface area contributed by atoms with Gasteiger partial charge in [-0.3, -0.25) is 0 Å². The van der Waals surface area contributed by atoms with E-state index >= 15 is 0 Å². The Labute approximate surface area is 140 Å². The third kappa shape index (κ3) is 17.8. The zero-order chi connectivity index (χ0) is 16.3. The van der Waals surface area contributed by atoms with E-state index in [1.807, 2.05) is 0 Å². The molecule has 0 aromatic rings. The van der Waals surface area contributed by atoms with Gasteiger partial charge in [-0.25, -0.2) is 0 Å². The molecule has 0 aliphatic rings. The molecule has 0 aromatic carbocycles. The lowest BCUT2D eigenvalue weighted by Crippen LogP contribution is -2.05. The molecule has 0 saturated heterocycles. The van der Waals surface area contributed by atoms with Gasteiger partial charge in [0, 0.05) is 0 Å². The predicted octanol–water partition coefficient (Wildman–Crippen LogP) is 7.18. The van der Waals surface area contributed by atoms with Gasteiger partial charge in [0.25, 0.3) is 0 Å². The molecule has 0 rings (SSSR count). The van der Waals surface area contributed by atoms with Gasteiger partial charge in [-0.2, -0.15) is 0 Å². The Kier molecular flexibility index (Phi) is 18.5. The van der Waals surface area contributed by atoms with E-state index in [4.69, 9.17) is 0 Å². The number of aliphatic hydroxyl groups excluding tert-OH is 1. The lowest BCUT2D eigenvalue weighted by atomic mass is 10.0. The smallest absolute Gasteiger partial charge is 0.0540 e. The molecule has 1 atom stereocenters. The highest BCUT2D eigenvalue weighted by Crippen LogP contribution is 2.13. The Balaban J connectivity index is 3.20. The van der Waals surface area contributed by atoms with Crippen molar-refractivity contribution < 1.29 is 5.11 Å². The quantitative estimate of drug-likeness (QED) is 0.223. The average Bonchev–Trinajstić information content (AvgIpc) is 2.52. The van der Waals surface area contributed by atoms with Crippen LogP contribution in [-0.4, -0.2) is 11.2 Å². The molecule has 132 valence electrons. The highest BCUT2D eigenvalue weighted by molar-refractivity contribution is 4.81. The van der Waals surface area contributed by atoms with E-state index in [0.717, 1.165) is 25.7 Å². The van der Waals surface area contributed by atoms with Crippen LogP contribution < -0.4 is 0 Å². The van der Waals surface area contributed by atoms with Crippen LogP contribution in [0.5, 0.6) is 0 Å². The van der Waals surface area contributed by atoms with Gasteiger partial charge in [-0.05, 0) is 38.5 Å². The first kappa shape index (κ1) is 21.7. The van der Waals surface area contributed by atoms with Crippen molar-refractivity contribution in [3.05, 3.63) is 12.2 Å². The van der Waals surface area contributed by atoms with Gasteiger partial charge in [0.1, 0.15) is 0 Å². The van der Waals surface area contributed by atoms with Gasteiger partial charge in [0.15, 0.2) is 0 Å². The molecular formula is C21H42O. The Morgan fingerprint density at radius 1 is 0.591 bits per heavy atom. The molecule has 1 unspecified atom stereocenters. The zero-order valence-electron chi connectivity index (χ0n) is 15.5. The van der Waals surface area contributed by atoms with Gasteiger partial charge >= 0.3 is 0 Å². The largest absolute Gasteiger partial charge is 0.393 e. The molecule has 0 aliphatic carbocycles. The number of hydrogen-bond donors (Lipinski definition) is 1. The molecule has 1 N–H and O–H groups in total. The molecule has 0 radical (unpaired) electrons. The SMILES string of the molecule is CCCCC/C=C\CCCC(O)CCCCCCCCCC. The lowest BCUT2D eigenvalue weighted by molar-refractivity contribution is 0.148. The van der Waals surface area contributed by atoms with E-state index in [-0.39, 0.29) is 6.10 Å². The maximum Gasteiger partial charge on any atom is 0.0540 e. The molecule has 0 saturated carbocycles. The first-order valence-corrected chi connectivity index (χ1v) is 10.1. The topological polar surface area (TPSA) is 20.2 Å². The van der Waals surface area contributed by atoms with E-state index in [2.05, 4.69) is 26.0 Å². The number of hydrogen-bond acceptors (Lipinski definition) is 1. The van der Waals surface area contributed by atoms with Crippen molar-refractivity contribution in [2.75, 3.05) is 0 Å². The Morgan fingerprint density at radius 2 is 1.05 bits per heavy atom. The molecule has 0 amide bonds. The maximum absolute atomic E-state index is 9.97. The molecule has 0 spiro atoms. The molecular weight excluding hydrogens is 268 g/mol. The molecule has 0 heterocycles. The van der Waals surface area contributed by atoms with Crippen LogP contribution in [-0.2, 0) is 0 Å². The normalized spacial score (nSPS) is 13.0. The summed E-state index contributed by atoms with van der Waals surface area (Å²) in [6.07, 6.45) is 24.8. The van der Waals surface area contributed by atoms with Crippen molar-refractivity contribution in [1.82, 2.24) is 0 Å². The summed E-state index contributed by atoms with van der Waals surface area (Å²) >= 11 is 0. The minimum absolute atomic E-state index is 0.0615. The van der Waals surface area contributed by atoms with Crippen LogP contribution in [0.1, 0.15) is 117 Å². The molecule has 0 aromatic heterocycles. The van der Waals surface area contributed by atoms with Crippen molar-refractivity contribution >= 4 is 0 Å². The lowest BCUT2D eigenvalue weighted by Gasteiger charge is -2.09. The van der Waals surface area contributed by atoms with Gasteiger partial charge < -0.3 is 5.11 Å². The van der Waals surface area contributed by atoms with Crippen molar-refractivity contribution in [2.45, 2.75) is 123 Å². The van der Waals surface area contributed by atoms with Crippen molar-refractivity contribution in [2.24, 2.45) is 0 Å². The first-order valence-electron chi connectivity index (χ1n) is 10.1. The average molecular weight is 311 g/mol. The van der Waals surface area contributed by atoms with Crippen LogP contribution in [0.3, 0.4) is 0 Å². The Hall–Kier alpha value is -0.300. The van der Waals surface area contributed by atoms with Gasteiger partial charge in [-0.1, -0.05) is 90.2 Å². The molecule has 0 bridgehead atoms. The minimum atomic E-state index is -0.0615. The second kappa shape index (κ2) is 18.7. The summed E-state index contributed by atoms with van der Waals surface area (Å²) in [4.78, 5) is 0. The molecule has 22 heavy (non-hydrogen) atoms. The van der Waals surface area contributed by atoms with Crippen LogP contribution in [0.25, 0.3) is 0 Å². The zero-order valence-corrected chi connectivity index (χ0v) is 15.5. The van der Waals surface area contributed by atoms with Crippen molar-refractivity contribution in [3.8, 4) is 0 Å². The van der Waals surface area contributed by atoms with Crippen LogP contribution in [0.2, 0.25) is 0 Å². The molecule has 0 fully saturated rings. The van der Waals surface area contributed by atoms with Crippen LogP contribution in [0.15, 0.2) is 12.2 Å². The number of allylic oxidation sites excluding steroid dienone is 2. The summed E-state index contributed by atoms with van der Waals surface area (Å²) in [5, 5.41) is 9.97. The fraction of sp³-hybridized carbons (Fsp3) is 0.905. The van der Waals surface area contributed by atoms with Gasteiger partial charge in [-0.15, -0.1) is 0 Å². The van der Waals surface area contributed by atoms with Crippen LogP contribution in [0.4, 0.5) is 0 Å².